The fourth-order valence-corrected chi connectivity index (χ4v) is 4.11. The van der Waals surface area contributed by atoms with Gasteiger partial charge in [0.05, 0.1) is 23.7 Å². The Kier molecular flexibility index (Phi) is 6.42. The number of ether oxygens (including phenoxy) is 1. The molecule has 0 bridgehead atoms. The van der Waals surface area contributed by atoms with Gasteiger partial charge in [0.25, 0.3) is 0 Å². The molecule has 10 heteroatoms. The van der Waals surface area contributed by atoms with Crippen molar-refractivity contribution in [3.8, 4) is 5.75 Å². The van der Waals surface area contributed by atoms with E-state index >= 15 is 0 Å². The molecule has 0 saturated carbocycles. The van der Waals surface area contributed by atoms with Gasteiger partial charge >= 0.3 is 0 Å². The molecule has 28 heavy (non-hydrogen) atoms. The average Bonchev–Trinajstić information content (AvgIpc) is 3.11. The van der Waals surface area contributed by atoms with Crippen molar-refractivity contribution in [2.45, 2.75) is 16.5 Å². The van der Waals surface area contributed by atoms with E-state index in [4.69, 9.17) is 4.74 Å². The summed E-state index contributed by atoms with van der Waals surface area (Å²) in [5, 5.41) is 13.5. The molecule has 1 heterocycles. The molecule has 2 aromatic carbocycles. The van der Waals surface area contributed by atoms with Crippen LogP contribution >= 0.6 is 23.1 Å². The first-order valence-corrected chi connectivity index (χ1v) is 9.82. The lowest BCUT2D eigenvalue weighted by Gasteiger charge is -2.11. The van der Waals surface area contributed by atoms with Gasteiger partial charge in [-0.05, 0) is 31.2 Å². The van der Waals surface area contributed by atoms with E-state index in [1.165, 1.54) is 23.1 Å². The van der Waals surface area contributed by atoms with Crippen LogP contribution in [0.25, 0.3) is 0 Å². The van der Waals surface area contributed by atoms with Crippen LogP contribution in [0.2, 0.25) is 0 Å². The van der Waals surface area contributed by atoms with Crippen molar-refractivity contribution in [3.05, 3.63) is 54.1 Å². The zero-order valence-corrected chi connectivity index (χ0v) is 16.5. The lowest BCUT2D eigenvalue weighted by atomic mass is 10.3. The number of methoxy groups -OCH3 is 1. The Labute approximate surface area is 168 Å². The second-order valence-electron chi connectivity index (χ2n) is 5.57. The maximum Gasteiger partial charge on any atom is 0.237 e. The van der Waals surface area contributed by atoms with Crippen LogP contribution in [-0.2, 0) is 4.79 Å². The number of hydrogen-bond donors (Lipinski definition) is 2. The molecule has 1 atom stereocenters. The van der Waals surface area contributed by atoms with Gasteiger partial charge in [-0.2, -0.15) is 0 Å². The summed E-state index contributed by atoms with van der Waals surface area (Å²) in [5.74, 6) is -1.14. The van der Waals surface area contributed by atoms with Crippen LogP contribution < -0.4 is 15.4 Å². The van der Waals surface area contributed by atoms with Crippen molar-refractivity contribution in [1.82, 2.24) is 10.2 Å². The first-order valence-electron chi connectivity index (χ1n) is 8.12. The molecular weight excluding hydrogens is 406 g/mol. The van der Waals surface area contributed by atoms with Gasteiger partial charge in [-0.25, -0.2) is 8.78 Å². The van der Waals surface area contributed by atoms with E-state index in [0.717, 1.165) is 23.9 Å². The molecule has 0 aliphatic heterocycles. The first-order chi connectivity index (χ1) is 13.5. The van der Waals surface area contributed by atoms with Gasteiger partial charge in [0.2, 0.25) is 11.0 Å². The van der Waals surface area contributed by atoms with E-state index < -0.39 is 22.8 Å². The molecule has 6 nitrogen and oxygen atoms in total. The predicted molar refractivity (Wildman–Crippen MR) is 106 cm³/mol. The van der Waals surface area contributed by atoms with Gasteiger partial charge in [0, 0.05) is 6.07 Å². The van der Waals surface area contributed by atoms with E-state index in [0.29, 0.717) is 15.2 Å². The van der Waals surface area contributed by atoms with Crippen LogP contribution in [0, 0.1) is 11.6 Å². The number of halogens is 2. The Morgan fingerprint density at radius 3 is 2.75 bits per heavy atom. The molecule has 0 spiro atoms. The van der Waals surface area contributed by atoms with Crippen molar-refractivity contribution in [2.24, 2.45) is 0 Å². The summed E-state index contributed by atoms with van der Waals surface area (Å²) in [5.41, 5.74) is 0.540. The van der Waals surface area contributed by atoms with Crippen LogP contribution in [0.5, 0.6) is 5.75 Å². The number of anilines is 3. The van der Waals surface area contributed by atoms with Crippen LogP contribution in [-0.4, -0.2) is 28.5 Å². The number of thioether (sulfide) groups is 1. The number of aromatic nitrogens is 2. The molecule has 146 valence electrons. The van der Waals surface area contributed by atoms with Gasteiger partial charge in [-0.1, -0.05) is 35.2 Å². The predicted octanol–water partition coefficient (Wildman–Crippen LogP) is 4.69. The van der Waals surface area contributed by atoms with E-state index in [1.54, 1.807) is 14.0 Å². The van der Waals surface area contributed by atoms with Crippen molar-refractivity contribution in [3.63, 3.8) is 0 Å². The topological polar surface area (TPSA) is 76.1 Å². The van der Waals surface area contributed by atoms with Gasteiger partial charge in [0.15, 0.2) is 4.34 Å². The number of benzene rings is 2. The number of carbonyl (C=O) groups excluding carboxylic acids is 1. The van der Waals surface area contributed by atoms with Crippen molar-refractivity contribution in [2.75, 3.05) is 17.7 Å². The number of para-hydroxylation sites is 2. The number of nitrogens with one attached hydrogen (secondary N) is 2. The molecule has 0 radical (unpaired) electrons. The summed E-state index contributed by atoms with van der Waals surface area (Å²) in [4.78, 5) is 12.3. The maximum absolute atomic E-state index is 13.7. The highest BCUT2D eigenvalue weighted by Gasteiger charge is 2.19. The van der Waals surface area contributed by atoms with Crippen LogP contribution in [0.3, 0.4) is 0 Å². The molecule has 0 aliphatic carbocycles. The minimum absolute atomic E-state index is 0.201. The molecule has 1 amide bonds. The first kappa shape index (κ1) is 20.0. The summed E-state index contributed by atoms with van der Waals surface area (Å²) in [7, 11) is 1.57. The third-order valence-corrected chi connectivity index (χ3v) is 5.61. The minimum Gasteiger partial charge on any atom is -0.495 e. The Bertz CT molecular complexity index is 984. The van der Waals surface area contributed by atoms with E-state index in [1.807, 2.05) is 24.3 Å². The van der Waals surface area contributed by atoms with Gasteiger partial charge in [-0.15, -0.1) is 10.2 Å². The van der Waals surface area contributed by atoms with E-state index in [-0.39, 0.29) is 5.69 Å². The minimum atomic E-state index is -0.703. The highest BCUT2D eigenvalue weighted by molar-refractivity contribution is 8.02. The summed E-state index contributed by atoms with van der Waals surface area (Å²) in [6.07, 6.45) is 0. The smallest absolute Gasteiger partial charge is 0.237 e. The number of hydrogen-bond acceptors (Lipinski definition) is 7. The highest BCUT2D eigenvalue weighted by Crippen LogP contribution is 2.33. The molecule has 3 aromatic rings. The summed E-state index contributed by atoms with van der Waals surface area (Å²) in [6, 6.07) is 10.3. The fraction of sp³-hybridized carbons (Fsp3) is 0.167. The maximum atomic E-state index is 13.7. The molecule has 2 N–H and O–H groups in total. The molecule has 1 unspecified atom stereocenters. The number of rotatable bonds is 7. The van der Waals surface area contributed by atoms with E-state index in [2.05, 4.69) is 20.8 Å². The second kappa shape index (κ2) is 8.98. The summed E-state index contributed by atoms with van der Waals surface area (Å²) in [6.45, 7) is 1.64. The van der Waals surface area contributed by atoms with Crippen molar-refractivity contribution >= 4 is 45.5 Å². The molecule has 0 saturated heterocycles. The zero-order chi connectivity index (χ0) is 20.1. The Morgan fingerprint density at radius 2 is 1.96 bits per heavy atom. The largest absolute Gasteiger partial charge is 0.495 e. The SMILES string of the molecule is COc1ccccc1Nc1nnc(SC(C)C(=O)Nc2cc(F)ccc2F)s1. The summed E-state index contributed by atoms with van der Waals surface area (Å²) >= 11 is 2.43. The summed E-state index contributed by atoms with van der Waals surface area (Å²) < 4.78 is 32.7. The molecule has 1 aromatic heterocycles. The van der Waals surface area contributed by atoms with Crippen LogP contribution in [0.1, 0.15) is 6.92 Å². The van der Waals surface area contributed by atoms with Crippen LogP contribution in [0.4, 0.5) is 25.3 Å². The number of nitrogens with zero attached hydrogens (tertiary/aromatic N) is 2. The standard InChI is InChI=1S/C18H16F2N4O2S2/c1-10(16(25)21-14-9-11(19)7-8-12(14)20)27-18-24-23-17(28-18)22-13-5-3-4-6-15(13)26-2/h3-10H,1-2H3,(H,21,25)(H,22,23). The Morgan fingerprint density at radius 1 is 1.18 bits per heavy atom. The molecule has 0 aliphatic rings. The quantitative estimate of drug-likeness (QED) is 0.538. The molecule has 0 fully saturated rings. The van der Waals surface area contributed by atoms with Crippen LogP contribution in [0.15, 0.2) is 46.8 Å². The number of amides is 1. The monoisotopic (exact) mass is 422 g/mol. The third kappa shape index (κ3) is 4.96. The van der Waals surface area contributed by atoms with Gasteiger partial charge in [0.1, 0.15) is 17.4 Å². The lowest BCUT2D eigenvalue weighted by Crippen LogP contribution is -2.23. The number of carbonyl (C=O) groups is 1. The third-order valence-electron chi connectivity index (χ3n) is 3.59. The Hall–Kier alpha value is -2.72. The fourth-order valence-electron chi connectivity index (χ4n) is 2.20. The normalized spacial score (nSPS) is 11.7. The zero-order valence-electron chi connectivity index (χ0n) is 14.9. The lowest BCUT2D eigenvalue weighted by molar-refractivity contribution is -0.115. The van der Waals surface area contributed by atoms with Gasteiger partial charge < -0.3 is 15.4 Å². The second-order valence-corrected chi connectivity index (χ2v) is 8.14. The molecular formula is C18H16F2N4O2S2. The Balaban J connectivity index is 1.62. The van der Waals surface area contributed by atoms with Crippen molar-refractivity contribution in [1.29, 1.82) is 0 Å². The average molecular weight is 422 g/mol. The van der Waals surface area contributed by atoms with Crippen molar-refractivity contribution < 1.29 is 18.3 Å². The highest BCUT2D eigenvalue weighted by atomic mass is 32.2. The van der Waals surface area contributed by atoms with Gasteiger partial charge in [-0.3, -0.25) is 4.79 Å². The van der Waals surface area contributed by atoms with E-state index in [9.17, 15) is 13.6 Å². The molecule has 3 rings (SSSR count).